The highest BCUT2D eigenvalue weighted by atomic mass is 16.3. The zero-order valence-corrected chi connectivity index (χ0v) is 8.90. The molecule has 1 unspecified atom stereocenters. The van der Waals surface area contributed by atoms with Gasteiger partial charge in [0, 0.05) is 12.5 Å². The summed E-state index contributed by atoms with van der Waals surface area (Å²) in [5.74, 6) is 0.693. The summed E-state index contributed by atoms with van der Waals surface area (Å²) in [4.78, 5) is 0. The summed E-state index contributed by atoms with van der Waals surface area (Å²) in [6, 6.07) is 8.08. The highest BCUT2D eigenvalue weighted by Gasteiger charge is 2.29. The lowest BCUT2D eigenvalue weighted by Gasteiger charge is -2.15. The number of hydrogen-bond acceptors (Lipinski definition) is 2. The van der Waals surface area contributed by atoms with Crippen LogP contribution in [0.4, 0.5) is 0 Å². The van der Waals surface area contributed by atoms with E-state index in [-0.39, 0.29) is 12.5 Å². The minimum Gasteiger partial charge on any atom is -0.396 e. The van der Waals surface area contributed by atoms with Crippen LogP contribution in [0.5, 0.6) is 0 Å². The second kappa shape index (κ2) is 4.04. The number of aliphatic hydroxyl groups excluding tert-OH is 1. The topological polar surface area (TPSA) is 44.0 Å². The standard InChI is InChI=1S/C13H15NO/c1-9(8-15)12-4-2-3-11(7-14)13(12)10-5-6-10/h2-4,9-10,15H,5-6,8H2,1H3. The van der Waals surface area contributed by atoms with Crippen LogP contribution in [-0.2, 0) is 0 Å². The fourth-order valence-corrected chi connectivity index (χ4v) is 2.04. The number of benzene rings is 1. The molecule has 0 radical (unpaired) electrons. The van der Waals surface area contributed by atoms with Gasteiger partial charge in [0.25, 0.3) is 0 Å². The van der Waals surface area contributed by atoms with Crippen LogP contribution in [0.15, 0.2) is 18.2 Å². The van der Waals surface area contributed by atoms with E-state index in [1.165, 1.54) is 18.4 Å². The molecular weight excluding hydrogens is 186 g/mol. The maximum atomic E-state index is 9.20. The van der Waals surface area contributed by atoms with Crippen molar-refractivity contribution in [2.24, 2.45) is 0 Å². The molecule has 0 saturated heterocycles. The average Bonchev–Trinajstić information content (AvgIpc) is 3.10. The molecule has 0 heterocycles. The first-order valence-electron chi connectivity index (χ1n) is 5.41. The molecule has 1 aromatic rings. The molecule has 0 aromatic heterocycles. The van der Waals surface area contributed by atoms with Gasteiger partial charge in [-0.1, -0.05) is 19.1 Å². The third kappa shape index (κ3) is 1.88. The van der Waals surface area contributed by atoms with E-state index in [0.29, 0.717) is 5.92 Å². The zero-order chi connectivity index (χ0) is 10.8. The van der Waals surface area contributed by atoms with E-state index >= 15 is 0 Å². The number of rotatable bonds is 3. The zero-order valence-electron chi connectivity index (χ0n) is 8.90. The lowest BCUT2D eigenvalue weighted by Crippen LogP contribution is -2.04. The van der Waals surface area contributed by atoms with Gasteiger partial charge in [-0.2, -0.15) is 5.26 Å². The van der Waals surface area contributed by atoms with Crippen LogP contribution in [0.25, 0.3) is 0 Å². The van der Waals surface area contributed by atoms with Gasteiger partial charge < -0.3 is 5.11 Å². The normalized spacial score (nSPS) is 17.1. The predicted molar refractivity (Wildman–Crippen MR) is 58.6 cm³/mol. The summed E-state index contributed by atoms with van der Waals surface area (Å²) < 4.78 is 0. The molecule has 1 fully saturated rings. The van der Waals surface area contributed by atoms with Crippen molar-refractivity contribution < 1.29 is 5.11 Å². The lowest BCUT2D eigenvalue weighted by molar-refractivity contribution is 0.272. The quantitative estimate of drug-likeness (QED) is 0.816. The van der Waals surface area contributed by atoms with Crippen LogP contribution >= 0.6 is 0 Å². The first kappa shape index (κ1) is 10.2. The Morgan fingerprint density at radius 1 is 1.53 bits per heavy atom. The van der Waals surface area contributed by atoms with Crippen molar-refractivity contribution in [3.8, 4) is 6.07 Å². The summed E-state index contributed by atoms with van der Waals surface area (Å²) in [5.41, 5.74) is 3.12. The number of nitrogens with zero attached hydrogens (tertiary/aromatic N) is 1. The Morgan fingerprint density at radius 2 is 2.27 bits per heavy atom. The van der Waals surface area contributed by atoms with Gasteiger partial charge in [-0.25, -0.2) is 0 Å². The Balaban J connectivity index is 2.49. The molecular formula is C13H15NO. The molecule has 2 nitrogen and oxygen atoms in total. The van der Waals surface area contributed by atoms with Gasteiger partial charge in [0.15, 0.2) is 0 Å². The van der Waals surface area contributed by atoms with E-state index in [0.717, 1.165) is 11.1 Å². The second-order valence-electron chi connectivity index (χ2n) is 4.28. The van der Waals surface area contributed by atoms with E-state index in [1.807, 2.05) is 25.1 Å². The predicted octanol–water partition coefficient (Wildman–Crippen LogP) is 2.53. The molecule has 1 saturated carbocycles. The Bertz CT molecular complexity index is 401. The van der Waals surface area contributed by atoms with Crippen LogP contribution in [0.1, 0.15) is 48.3 Å². The molecule has 0 spiro atoms. The van der Waals surface area contributed by atoms with E-state index in [4.69, 9.17) is 5.26 Å². The van der Waals surface area contributed by atoms with Gasteiger partial charge in [0.05, 0.1) is 11.6 Å². The van der Waals surface area contributed by atoms with Gasteiger partial charge in [-0.05, 0) is 36.0 Å². The maximum Gasteiger partial charge on any atom is 0.0994 e. The molecule has 0 bridgehead atoms. The minimum absolute atomic E-state index is 0.133. The Morgan fingerprint density at radius 3 is 2.80 bits per heavy atom. The minimum atomic E-state index is 0.133. The van der Waals surface area contributed by atoms with Crippen molar-refractivity contribution in [3.05, 3.63) is 34.9 Å². The smallest absolute Gasteiger partial charge is 0.0994 e. The van der Waals surface area contributed by atoms with Gasteiger partial charge in [-0.3, -0.25) is 0 Å². The van der Waals surface area contributed by atoms with Gasteiger partial charge in [0.2, 0.25) is 0 Å². The molecule has 1 aromatic carbocycles. The first-order valence-corrected chi connectivity index (χ1v) is 5.41. The number of hydrogen-bond donors (Lipinski definition) is 1. The largest absolute Gasteiger partial charge is 0.396 e. The maximum absolute atomic E-state index is 9.20. The molecule has 2 rings (SSSR count). The van der Waals surface area contributed by atoms with E-state index in [9.17, 15) is 5.11 Å². The monoisotopic (exact) mass is 201 g/mol. The summed E-state index contributed by atoms with van der Waals surface area (Å²) in [6.07, 6.45) is 2.37. The van der Waals surface area contributed by atoms with E-state index in [1.54, 1.807) is 0 Å². The number of aliphatic hydroxyl groups is 1. The molecule has 1 aliphatic rings. The van der Waals surface area contributed by atoms with Crippen molar-refractivity contribution in [1.82, 2.24) is 0 Å². The number of nitriles is 1. The van der Waals surface area contributed by atoms with Crippen molar-refractivity contribution in [2.45, 2.75) is 31.6 Å². The second-order valence-corrected chi connectivity index (χ2v) is 4.28. The molecule has 2 heteroatoms. The SMILES string of the molecule is CC(CO)c1cccc(C#N)c1C1CC1. The summed E-state index contributed by atoms with van der Waals surface area (Å²) in [7, 11) is 0. The molecule has 0 amide bonds. The van der Waals surface area contributed by atoms with E-state index in [2.05, 4.69) is 6.07 Å². The first-order chi connectivity index (χ1) is 7.27. The average molecular weight is 201 g/mol. The van der Waals surface area contributed by atoms with Crippen molar-refractivity contribution >= 4 is 0 Å². The molecule has 78 valence electrons. The molecule has 15 heavy (non-hydrogen) atoms. The van der Waals surface area contributed by atoms with Crippen LogP contribution in [0.2, 0.25) is 0 Å². The van der Waals surface area contributed by atoms with Crippen molar-refractivity contribution in [2.75, 3.05) is 6.61 Å². The molecule has 1 N–H and O–H groups in total. The highest BCUT2D eigenvalue weighted by Crippen LogP contribution is 2.44. The summed E-state index contributed by atoms with van der Waals surface area (Å²) in [6.45, 7) is 2.15. The summed E-state index contributed by atoms with van der Waals surface area (Å²) in [5, 5.41) is 18.3. The highest BCUT2D eigenvalue weighted by molar-refractivity contribution is 5.48. The fourth-order valence-electron chi connectivity index (χ4n) is 2.04. The molecule has 1 atom stereocenters. The summed E-state index contributed by atoms with van der Waals surface area (Å²) >= 11 is 0. The fraction of sp³-hybridized carbons (Fsp3) is 0.462. The van der Waals surface area contributed by atoms with Gasteiger partial charge >= 0.3 is 0 Å². The molecule has 0 aliphatic heterocycles. The van der Waals surface area contributed by atoms with Crippen LogP contribution in [0, 0.1) is 11.3 Å². The Hall–Kier alpha value is -1.33. The van der Waals surface area contributed by atoms with Gasteiger partial charge in [-0.15, -0.1) is 0 Å². The van der Waals surface area contributed by atoms with Crippen LogP contribution in [0.3, 0.4) is 0 Å². The lowest BCUT2D eigenvalue weighted by atomic mass is 9.90. The third-order valence-electron chi connectivity index (χ3n) is 3.05. The van der Waals surface area contributed by atoms with Crippen molar-refractivity contribution in [1.29, 1.82) is 5.26 Å². The third-order valence-corrected chi connectivity index (χ3v) is 3.05. The Labute approximate surface area is 90.2 Å². The van der Waals surface area contributed by atoms with Gasteiger partial charge in [0.1, 0.15) is 0 Å². The van der Waals surface area contributed by atoms with Crippen LogP contribution in [-0.4, -0.2) is 11.7 Å². The van der Waals surface area contributed by atoms with Crippen LogP contribution < -0.4 is 0 Å². The molecule has 1 aliphatic carbocycles. The Kier molecular flexibility index (Phi) is 2.75. The van der Waals surface area contributed by atoms with E-state index < -0.39 is 0 Å². The van der Waals surface area contributed by atoms with Crippen molar-refractivity contribution in [3.63, 3.8) is 0 Å².